The summed E-state index contributed by atoms with van der Waals surface area (Å²) in [6.07, 6.45) is 0. The Balaban J connectivity index is 0.00000256. The third kappa shape index (κ3) is 3.98. The number of halogens is 1. The summed E-state index contributed by atoms with van der Waals surface area (Å²) in [5, 5.41) is 9.29. The van der Waals surface area contributed by atoms with Crippen LogP contribution in [0.2, 0.25) is 0 Å². The van der Waals surface area contributed by atoms with Gasteiger partial charge in [-0.1, -0.05) is 52.0 Å². The van der Waals surface area contributed by atoms with Crippen LogP contribution in [0.5, 0.6) is 0 Å². The Morgan fingerprint density at radius 1 is 1.12 bits per heavy atom. The number of aliphatic hydroxyl groups is 1. The SMILES string of the molecule is CC(C)c1ccc([C@@H](N)C(C)(C)CO)cc1.Cl. The van der Waals surface area contributed by atoms with Crippen LogP contribution in [-0.4, -0.2) is 11.7 Å². The van der Waals surface area contributed by atoms with Crippen LogP contribution >= 0.6 is 12.4 Å². The van der Waals surface area contributed by atoms with Gasteiger partial charge in [-0.25, -0.2) is 0 Å². The Kier molecular flexibility index (Phi) is 6.17. The van der Waals surface area contributed by atoms with E-state index < -0.39 is 0 Å². The van der Waals surface area contributed by atoms with Gasteiger partial charge in [0, 0.05) is 18.1 Å². The Morgan fingerprint density at radius 2 is 1.53 bits per heavy atom. The molecule has 3 heteroatoms. The van der Waals surface area contributed by atoms with Crippen molar-refractivity contribution < 1.29 is 5.11 Å². The third-order valence-electron chi connectivity index (χ3n) is 3.21. The average Bonchev–Trinajstić information content (AvgIpc) is 2.28. The molecule has 0 spiro atoms. The molecule has 0 aliphatic rings. The van der Waals surface area contributed by atoms with Crippen molar-refractivity contribution in [1.29, 1.82) is 0 Å². The minimum atomic E-state index is -0.278. The molecule has 1 aromatic rings. The van der Waals surface area contributed by atoms with Crippen molar-refractivity contribution >= 4 is 12.4 Å². The zero-order chi connectivity index (χ0) is 12.3. The highest BCUT2D eigenvalue weighted by Gasteiger charge is 2.26. The molecule has 2 nitrogen and oxygen atoms in total. The fourth-order valence-corrected chi connectivity index (χ4v) is 1.64. The van der Waals surface area contributed by atoms with E-state index in [2.05, 4.69) is 38.1 Å². The van der Waals surface area contributed by atoms with E-state index >= 15 is 0 Å². The maximum absolute atomic E-state index is 9.29. The van der Waals surface area contributed by atoms with Crippen LogP contribution in [0.3, 0.4) is 0 Å². The van der Waals surface area contributed by atoms with Gasteiger partial charge < -0.3 is 10.8 Å². The Labute approximate surface area is 111 Å². The molecule has 0 radical (unpaired) electrons. The van der Waals surface area contributed by atoms with Gasteiger partial charge >= 0.3 is 0 Å². The highest BCUT2D eigenvalue weighted by molar-refractivity contribution is 5.85. The zero-order valence-electron chi connectivity index (χ0n) is 11.1. The zero-order valence-corrected chi connectivity index (χ0v) is 11.9. The highest BCUT2D eigenvalue weighted by atomic mass is 35.5. The summed E-state index contributed by atoms with van der Waals surface area (Å²) in [6, 6.07) is 8.24. The van der Waals surface area contributed by atoms with Crippen LogP contribution in [0.4, 0.5) is 0 Å². The molecule has 0 heterocycles. The van der Waals surface area contributed by atoms with Crippen molar-refractivity contribution in [3.8, 4) is 0 Å². The molecule has 1 atom stereocenters. The van der Waals surface area contributed by atoms with E-state index in [1.807, 2.05) is 13.8 Å². The van der Waals surface area contributed by atoms with E-state index in [0.29, 0.717) is 5.92 Å². The third-order valence-corrected chi connectivity index (χ3v) is 3.21. The summed E-state index contributed by atoms with van der Waals surface area (Å²) in [4.78, 5) is 0. The van der Waals surface area contributed by atoms with Gasteiger partial charge in [-0.3, -0.25) is 0 Å². The molecule has 0 fully saturated rings. The first kappa shape index (κ1) is 16.4. The minimum Gasteiger partial charge on any atom is -0.396 e. The van der Waals surface area contributed by atoms with Crippen LogP contribution in [0.15, 0.2) is 24.3 Å². The molecular weight excluding hydrogens is 234 g/mol. The standard InChI is InChI=1S/C14H23NO.ClH/c1-10(2)11-5-7-12(8-6-11)13(15)14(3,4)9-16;/h5-8,10,13,16H,9,15H2,1-4H3;1H/t13-;/m1./s1. The molecule has 0 bridgehead atoms. The maximum atomic E-state index is 9.29. The van der Waals surface area contributed by atoms with Gasteiger partial charge in [-0.15, -0.1) is 12.4 Å². The van der Waals surface area contributed by atoms with Gasteiger partial charge in [-0.2, -0.15) is 0 Å². The molecule has 98 valence electrons. The maximum Gasteiger partial charge on any atom is 0.0500 e. The van der Waals surface area contributed by atoms with Crippen LogP contribution in [-0.2, 0) is 0 Å². The van der Waals surface area contributed by atoms with Crippen LogP contribution in [0.25, 0.3) is 0 Å². The smallest absolute Gasteiger partial charge is 0.0500 e. The summed E-state index contributed by atoms with van der Waals surface area (Å²) in [6.45, 7) is 8.40. The highest BCUT2D eigenvalue weighted by Crippen LogP contribution is 2.31. The number of aliphatic hydroxyl groups excluding tert-OH is 1. The van der Waals surface area contributed by atoms with E-state index in [1.165, 1.54) is 5.56 Å². The molecule has 1 aromatic carbocycles. The van der Waals surface area contributed by atoms with E-state index in [9.17, 15) is 5.11 Å². The second-order valence-corrected chi connectivity index (χ2v) is 5.45. The van der Waals surface area contributed by atoms with Gasteiger partial charge in [0.1, 0.15) is 0 Å². The number of hydrogen-bond acceptors (Lipinski definition) is 2. The van der Waals surface area contributed by atoms with Crippen LogP contribution in [0, 0.1) is 5.41 Å². The minimum absolute atomic E-state index is 0. The molecular formula is C14H24ClNO. The lowest BCUT2D eigenvalue weighted by Crippen LogP contribution is -2.32. The number of rotatable bonds is 4. The lowest BCUT2D eigenvalue weighted by molar-refractivity contribution is 0.132. The first-order valence-corrected chi connectivity index (χ1v) is 5.85. The lowest BCUT2D eigenvalue weighted by atomic mass is 9.81. The molecule has 0 saturated carbocycles. The summed E-state index contributed by atoms with van der Waals surface area (Å²) in [7, 11) is 0. The summed E-state index contributed by atoms with van der Waals surface area (Å²) >= 11 is 0. The summed E-state index contributed by atoms with van der Waals surface area (Å²) in [5.41, 5.74) is 8.27. The van der Waals surface area contributed by atoms with E-state index in [0.717, 1.165) is 5.56 Å². The average molecular weight is 258 g/mol. The second-order valence-electron chi connectivity index (χ2n) is 5.45. The Morgan fingerprint density at radius 3 is 1.88 bits per heavy atom. The molecule has 3 N–H and O–H groups in total. The summed E-state index contributed by atoms with van der Waals surface area (Å²) in [5.74, 6) is 0.538. The van der Waals surface area contributed by atoms with Crippen LogP contribution in [0.1, 0.15) is 50.8 Å². The first-order valence-electron chi connectivity index (χ1n) is 5.85. The van der Waals surface area contributed by atoms with E-state index in [1.54, 1.807) is 0 Å². The van der Waals surface area contributed by atoms with Crippen molar-refractivity contribution in [2.45, 2.75) is 39.7 Å². The Bertz CT molecular complexity index is 333. The van der Waals surface area contributed by atoms with Crippen molar-refractivity contribution in [1.82, 2.24) is 0 Å². The van der Waals surface area contributed by atoms with Crippen molar-refractivity contribution in [2.24, 2.45) is 11.1 Å². The van der Waals surface area contributed by atoms with Crippen LogP contribution < -0.4 is 5.73 Å². The lowest BCUT2D eigenvalue weighted by Gasteiger charge is -2.29. The molecule has 0 saturated heterocycles. The van der Waals surface area contributed by atoms with E-state index in [-0.39, 0.29) is 30.5 Å². The Hall–Kier alpha value is -0.570. The van der Waals surface area contributed by atoms with Gasteiger partial charge in [-0.05, 0) is 17.0 Å². The van der Waals surface area contributed by atoms with Gasteiger partial charge in [0.05, 0.1) is 0 Å². The first-order chi connectivity index (χ1) is 7.38. The number of benzene rings is 1. The molecule has 1 rings (SSSR count). The molecule has 0 amide bonds. The quantitative estimate of drug-likeness (QED) is 0.870. The number of nitrogens with two attached hydrogens (primary N) is 1. The van der Waals surface area contributed by atoms with Crippen molar-refractivity contribution in [2.75, 3.05) is 6.61 Å². The normalized spacial score (nSPS) is 13.4. The van der Waals surface area contributed by atoms with Gasteiger partial charge in [0.25, 0.3) is 0 Å². The summed E-state index contributed by atoms with van der Waals surface area (Å²) < 4.78 is 0. The molecule has 0 aromatic heterocycles. The predicted molar refractivity (Wildman–Crippen MR) is 75.6 cm³/mol. The second kappa shape index (κ2) is 6.39. The molecule has 0 aliphatic heterocycles. The van der Waals surface area contributed by atoms with E-state index in [4.69, 9.17) is 5.73 Å². The largest absolute Gasteiger partial charge is 0.396 e. The molecule has 0 unspecified atom stereocenters. The van der Waals surface area contributed by atoms with Gasteiger partial charge in [0.2, 0.25) is 0 Å². The monoisotopic (exact) mass is 257 g/mol. The predicted octanol–water partition coefficient (Wildman–Crippen LogP) is 3.25. The number of hydrogen-bond donors (Lipinski definition) is 2. The van der Waals surface area contributed by atoms with Gasteiger partial charge in [0.15, 0.2) is 0 Å². The van der Waals surface area contributed by atoms with Crippen molar-refractivity contribution in [3.05, 3.63) is 35.4 Å². The topological polar surface area (TPSA) is 46.2 Å². The molecule has 0 aliphatic carbocycles. The van der Waals surface area contributed by atoms with Crippen molar-refractivity contribution in [3.63, 3.8) is 0 Å². The fourth-order valence-electron chi connectivity index (χ4n) is 1.64. The molecule has 17 heavy (non-hydrogen) atoms. The fraction of sp³-hybridized carbons (Fsp3) is 0.571.